The van der Waals surface area contributed by atoms with Crippen molar-refractivity contribution >= 4 is 62.8 Å². The zero-order valence-corrected chi connectivity index (χ0v) is 25.9. The molecule has 0 amide bonds. The maximum absolute atomic E-state index is 13.8. The van der Waals surface area contributed by atoms with Gasteiger partial charge in [0.25, 0.3) is 0 Å². The molecule has 9 nitrogen and oxygen atoms in total. The van der Waals surface area contributed by atoms with E-state index in [0.717, 1.165) is 38.0 Å². The standard InChI is InChI=1S/C31H27Cl3FN9/c1-2-43-9-7-22(8-10-43)44-17-27(41-42-44)30(18-3-6-28(34)37-15-18)40-21-11-23-29(39-20-4-5-26(35)24(32)12-20)19(14-36)16-38-31(23)25(33)13-21/h3-6,11-13,15-17,22,30,40H,2,7-10H2,1H3,(H,38,39). The van der Waals surface area contributed by atoms with E-state index in [4.69, 9.17) is 34.8 Å². The van der Waals surface area contributed by atoms with E-state index in [1.807, 2.05) is 23.0 Å². The molecule has 0 saturated carbocycles. The second kappa shape index (κ2) is 12.9. The van der Waals surface area contributed by atoms with Crippen LogP contribution < -0.4 is 10.6 Å². The number of benzene rings is 2. The lowest BCUT2D eigenvalue weighted by Gasteiger charge is -2.30. The molecule has 3 aromatic heterocycles. The van der Waals surface area contributed by atoms with Crippen LogP contribution in [0.25, 0.3) is 10.9 Å². The number of halogens is 4. The number of likely N-dealkylation sites (tertiary alicyclic amines) is 1. The van der Waals surface area contributed by atoms with Gasteiger partial charge in [0.1, 0.15) is 22.7 Å². The lowest BCUT2D eigenvalue weighted by molar-refractivity contribution is 0.186. The smallest absolute Gasteiger partial charge is 0.141 e. The van der Waals surface area contributed by atoms with Crippen LogP contribution in [0.15, 0.2) is 61.1 Å². The summed E-state index contributed by atoms with van der Waals surface area (Å²) in [6, 6.07) is 13.5. The zero-order chi connectivity index (χ0) is 30.8. The second-order valence-corrected chi connectivity index (χ2v) is 11.7. The van der Waals surface area contributed by atoms with Gasteiger partial charge in [0, 0.05) is 42.2 Å². The Labute approximate surface area is 268 Å². The van der Waals surface area contributed by atoms with Crippen LogP contribution in [0.1, 0.15) is 48.7 Å². The van der Waals surface area contributed by atoms with E-state index in [1.54, 1.807) is 18.3 Å². The minimum absolute atomic E-state index is 0.0457. The van der Waals surface area contributed by atoms with Crippen LogP contribution in [0.5, 0.6) is 0 Å². The van der Waals surface area contributed by atoms with Crippen molar-refractivity contribution in [2.75, 3.05) is 30.3 Å². The quantitative estimate of drug-likeness (QED) is 0.164. The second-order valence-electron chi connectivity index (χ2n) is 10.5. The van der Waals surface area contributed by atoms with Crippen molar-refractivity contribution in [3.8, 4) is 6.07 Å². The van der Waals surface area contributed by atoms with Gasteiger partial charge in [0.2, 0.25) is 0 Å². The molecule has 0 radical (unpaired) electrons. The van der Waals surface area contributed by atoms with Crippen molar-refractivity contribution < 1.29 is 4.39 Å². The van der Waals surface area contributed by atoms with Gasteiger partial charge in [0.05, 0.1) is 45.1 Å². The molecule has 1 saturated heterocycles. The van der Waals surface area contributed by atoms with Crippen LogP contribution in [-0.4, -0.2) is 49.5 Å². The summed E-state index contributed by atoms with van der Waals surface area (Å²) in [5.41, 5.74) is 3.89. The van der Waals surface area contributed by atoms with Crippen molar-refractivity contribution in [3.05, 3.63) is 98.9 Å². The first-order valence-corrected chi connectivity index (χ1v) is 15.2. The van der Waals surface area contributed by atoms with Gasteiger partial charge in [-0.1, -0.05) is 53.0 Å². The fraction of sp³-hybridized carbons (Fsp3) is 0.258. The largest absolute Gasteiger partial charge is 0.373 e. The van der Waals surface area contributed by atoms with E-state index in [0.29, 0.717) is 43.8 Å². The third-order valence-electron chi connectivity index (χ3n) is 7.83. The highest BCUT2D eigenvalue weighted by Gasteiger charge is 2.24. The molecule has 0 aliphatic carbocycles. The Morgan fingerprint density at radius 1 is 1.02 bits per heavy atom. The van der Waals surface area contributed by atoms with Crippen LogP contribution in [0.3, 0.4) is 0 Å². The summed E-state index contributed by atoms with van der Waals surface area (Å²) in [7, 11) is 0. The lowest BCUT2D eigenvalue weighted by Crippen LogP contribution is -2.34. The number of nitriles is 1. The van der Waals surface area contributed by atoms with E-state index in [9.17, 15) is 9.65 Å². The highest BCUT2D eigenvalue weighted by molar-refractivity contribution is 6.36. The molecule has 1 aliphatic heterocycles. The van der Waals surface area contributed by atoms with Crippen molar-refractivity contribution in [2.45, 2.75) is 31.8 Å². The average Bonchev–Trinajstić information content (AvgIpc) is 3.52. The molecule has 2 aromatic carbocycles. The maximum atomic E-state index is 13.8. The van der Waals surface area contributed by atoms with Crippen LogP contribution >= 0.6 is 34.8 Å². The molecule has 6 rings (SSSR count). The monoisotopic (exact) mass is 649 g/mol. The highest BCUT2D eigenvalue weighted by Crippen LogP contribution is 2.37. The zero-order valence-electron chi connectivity index (χ0n) is 23.6. The van der Waals surface area contributed by atoms with Crippen molar-refractivity contribution in [2.24, 2.45) is 0 Å². The fourth-order valence-electron chi connectivity index (χ4n) is 5.43. The van der Waals surface area contributed by atoms with E-state index in [2.05, 4.69) is 48.8 Å². The number of aromatic nitrogens is 5. The molecule has 5 aromatic rings. The summed E-state index contributed by atoms with van der Waals surface area (Å²) in [5.74, 6) is -0.544. The number of rotatable bonds is 8. The number of nitrogens with one attached hydrogen (secondary N) is 2. The molecule has 4 heterocycles. The number of piperidine rings is 1. The molecule has 13 heteroatoms. The Balaban J connectivity index is 1.38. The SMILES string of the molecule is CCN1CCC(n2cc(C(Nc3cc(Cl)c4ncc(C#N)c(Nc5ccc(F)c(Cl)c5)c4c3)c3ccc(Cl)nc3)nn2)CC1. The molecule has 1 fully saturated rings. The Morgan fingerprint density at radius 2 is 1.82 bits per heavy atom. The molecule has 0 spiro atoms. The van der Waals surface area contributed by atoms with Crippen LogP contribution in [0, 0.1) is 17.1 Å². The Morgan fingerprint density at radius 3 is 2.52 bits per heavy atom. The molecule has 0 bridgehead atoms. The molecule has 1 aliphatic rings. The van der Waals surface area contributed by atoms with Crippen molar-refractivity contribution in [1.29, 1.82) is 5.26 Å². The summed E-state index contributed by atoms with van der Waals surface area (Å²) in [6.07, 6.45) is 7.12. The topological polar surface area (TPSA) is 108 Å². The lowest BCUT2D eigenvalue weighted by atomic mass is 10.0. The van der Waals surface area contributed by atoms with Gasteiger partial charge in [0.15, 0.2) is 0 Å². The highest BCUT2D eigenvalue weighted by atomic mass is 35.5. The number of fused-ring (bicyclic) bond motifs is 1. The molecular weight excluding hydrogens is 624 g/mol. The Bertz CT molecular complexity index is 1850. The third-order valence-corrected chi connectivity index (χ3v) is 8.63. The first kappa shape index (κ1) is 30.0. The summed E-state index contributed by atoms with van der Waals surface area (Å²) in [5, 5.41) is 27.0. The van der Waals surface area contributed by atoms with Crippen molar-refractivity contribution in [1.82, 2.24) is 29.9 Å². The summed E-state index contributed by atoms with van der Waals surface area (Å²) >= 11 is 18.9. The van der Waals surface area contributed by atoms with Crippen LogP contribution in [0.4, 0.5) is 21.5 Å². The normalized spacial score (nSPS) is 14.8. The van der Waals surface area contributed by atoms with Gasteiger partial charge >= 0.3 is 0 Å². The fourth-order valence-corrected chi connectivity index (χ4v) is 6.00. The minimum Gasteiger partial charge on any atom is -0.373 e. The molecular formula is C31H27Cl3FN9. The first-order valence-electron chi connectivity index (χ1n) is 14.1. The third kappa shape index (κ3) is 6.28. The number of pyridine rings is 2. The molecule has 224 valence electrons. The van der Waals surface area contributed by atoms with E-state index >= 15 is 0 Å². The number of anilines is 3. The predicted molar refractivity (Wildman–Crippen MR) is 171 cm³/mol. The van der Waals surface area contributed by atoms with Gasteiger partial charge in [-0.05, 0) is 61.3 Å². The predicted octanol–water partition coefficient (Wildman–Crippen LogP) is 7.79. The van der Waals surface area contributed by atoms with E-state index in [1.165, 1.54) is 24.4 Å². The maximum Gasteiger partial charge on any atom is 0.141 e. The van der Waals surface area contributed by atoms with Gasteiger partial charge in [-0.15, -0.1) is 5.10 Å². The van der Waals surface area contributed by atoms with Crippen molar-refractivity contribution in [3.63, 3.8) is 0 Å². The molecule has 1 unspecified atom stereocenters. The molecule has 2 N–H and O–H groups in total. The van der Waals surface area contributed by atoms with Gasteiger partial charge in [-0.25, -0.2) is 14.1 Å². The molecule has 1 atom stereocenters. The van der Waals surface area contributed by atoms with Crippen LogP contribution in [0.2, 0.25) is 15.2 Å². The summed E-state index contributed by atoms with van der Waals surface area (Å²) in [4.78, 5) is 11.2. The van der Waals surface area contributed by atoms with E-state index < -0.39 is 11.9 Å². The summed E-state index contributed by atoms with van der Waals surface area (Å²) in [6.45, 7) is 5.26. The number of nitrogens with zero attached hydrogens (tertiary/aromatic N) is 7. The van der Waals surface area contributed by atoms with Gasteiger partial charge < -0.3 is 15.5 Å². The Hall–Kier alpha value is -4.01. The molecule has 44 heavy (non-hydrogen) atoms. The number of hydrogen-bond acceptors (Lipinski definition) is 8. The van der Waals surface area contributed by atoms with Crippen LogP contribution in [-0.2, 0) is 0 Å². The van der Waals surface area contributed by atoms with Gasteiger partial charge in [-0.3, -0.25) is 4.98 Å². The van der Waals surface area contributed by atoms with Gasteiger partial charge in [-0.2, -0.15) is 5.26 Å². The van der Waals surface area contributed by atoms with E-state index in [-0.39, 0.29) is 16.6 Å². The Kier molecular flexibility index (Phi) is 8.82. The average molecular weight is 651 g/mol. The number of hydrogen-bond donors (Lipinski definition) is 2. The first-order chi connectivity index (χ1) is 21.3. The summed E-state index contributed by atoms with van der Waals surface area (Å²) < 4.78 is 15.8. The minimum atomic E-state index is -0.544.